The highest BCUT2D eigenvalue weighted by atomic mass is 16.6. The van der Waals surface area contributed by atoms with E-state index in [-0.39, 0.29) is 23.5 Å². The highest BCUT2D eigenvalue weighted by Gasteiger charge is 2.16. The van der Waals surface area contributed by atoms with Gasteiger partial charge < -0.3 is 18.6 Å². The highest BCUT2D eigenvalue weighted by Crippen LogP contribution is 2.33. The molecule has 1 heterocycles. The lowest BCUT2D eigenvalue weighted by Gasteiger charge is -2.13. The van der Waals surface area contributed by atoms with Crippen LogP contribution in [0.2, 0.25) is 0 Å². The molecule has 8 heteroatoms. The number of aryl methyl sites for hydroxylation is 1. The first-order valence-corrected chi connectivity index (χ1v) is 10.3. The Morgan fingerprint density at radius 1 is 0.970 bits per heavy atom. The Bertz CT molecular complexity index is 1360. The fraction of sp³-hybridized carbons (Fsp3) is 0.160. The molecule has 0 saturated heterocycles. The summed E-state index contributed by atoms with van der Waals surface area (Å²) in [6.45, 7) is 4.20. The van der Waals surface area contributed by atoms with Crippen molar-refractivity contribution in [3.63, 3.8) is 0 Å². The number of fused-ring (bicyclic) bond motifs is 1. The Hall–Kier alpha value is -4.33. The van der Waals surface area contributed by atoms with E-state index >= 15 is 0 Å². The molecular formula is C25H21NO7. The maximum Gasteiger partial charge on any atom is 0.269 e. The highest BCUT2D eigenvalue weighted by molar-refractivity contribution is 5.79. The van der Waals surface area contributed by atoms with E-state index in [0.29, 0.717) is 40.6 Å². The first-order valence-electron chi connectivity index (χ1n) is 10.3. The molecule has 168 valence electrons. The molecule has 0 radical (unpaired) electrons. The van der Waals surface area contributed by atoms with Crippen molar-refractivity contribution in [2.45, 2.75) is 20.5 Å². The first-order chi connectivity index (χ1) is 16.0. The fourth-order valence-electron chi connectivity index (χ4n) is 3.28. The molecule has 8 nitrogen and oxygen atoms in total. The van der Waals surface area contributed by atoms with Gasteiger partial charge in [-0.15, -0.1) is 0 Å². The van der Waals surface area contributed by atoms with Gasteiger partial charge in [-0.2, -0.15) is 0 Å². The lowest BCUT2D eigenvalue weighted by Crippen LogP contribution is -2.08. The standard InChI is InChI=1S/C25H21NO7/c1-3-30-21-6-4-5-7-22(21)33-25-16(2)32-23-14-19(12-13-20(23)24(25)27)31-15-17-8-10-18(11-9-17)26(28)29/h4-14H,3,15H2,1-2H3. The average Bonchev–Trinajstić information content (AvgIpc) is 2.81. The minimum Gasteiger partial charge on any atom is -0.490 e. The molecule has 3 aromatic carbocycles. The number of non-ortho nitro benzene ring substituents is 1. The summed E-state index contributed by atoms with van der Waals surface area (Å²) in [7, 11) is 0. The number of nitrogens with zero attached hydrogens (tertiary/aromatic N) is 1. The SMILES string of the molecule is CCOc1ccccc1Oc1c(C)oc2cc(OCc3ccc([N+](=O)[O-])cc3)ccc2c1=O. The Balaban J connectivity index is 1.57. The van der Waals surface area contributed by atoms with Crippen molar-refractivity contribution in [1.82, 2.24) is 0 Å². The molecule has 0 N–H and O–H groups in total. The Labute approximate surface area is 189 Å². The molecule has 0 aliphatic rings. The van der Waals surface area contributed by atoms with Gasteiger partial charge in [0, 0.05) is 18.2 Å². The van der Waals surface area contributed by atoms with Crippen molar-refractivity contribution in [3.05, 3.63) is 98.4 Å². The number of ether oxygens (including phenoxy) is 3. The van der Waals surface area contributed by atoms with Crippen LogP contribution in [0, 0.1) is 17.0 Å². The zero-order chi connectivity index (χ0) is 23.4. The lowest BCUT2D eigenvalue weighted by atomic mass is 10.2. The lowest BCUT2D eigenvalue weighted by molar-refractivity contribution is -0.384. The third-order valence-corrected chi connectivity index (χ3v) is 4.90. The summed E-state index contributed by atoms with van der Waals surface area (Å²) in [5.41, 5.74) is 0.852. The fourth-order valence-corrected chi connectivity index (χ4v) is 3.28. The van der Waals surface area contributed by atoms with Crippen LogP contribution in [0.15, 0.2) is 75.9 Å². The predicted molar refractivity (Wildman–Crippen MR) is 122 cm³/mol. The van der Waals surface area contributed by atoms with Gasteiger partial charge in [-0.3, -0.25) is 14.9 Å². The average molecular weight is 447 g/mol. The second-order valence-corrected chi connectivity index (χ2v) is 7.17. The molecule has 0 saturated carbocycles. The van der Waals surface area contributed by atoms with Crippen LogP contribution in [0.3, 0.4) is 0 Å². The molecule has 0 unspecified atom stereocenters. The topological polar surface area (TPSA) is 101 Å². The molecule has 33 heavy (non-hydrogen) atoms. The maximum absolute atomic E-state index is 13.1. The number of benzene rings is 3. The van der Waals surface area contributed by atoms with Gasteiger partial charge in [0.1, 0.15) is 23.7 Å². The molecule has 4 aromatic rings. The van der Waals surface area contributed by atoms with Crippen molar-refractivity contribution < 1.29 is 23.6 Å². The van der Waals surface area contributed by atoms with E-state index in [1.165, 1.54) is 12.1 Å². The van der Waals surface area contributed by atoms with Crippen LogP contribution in [-0.2, 0) is 6.61 Å². The largest absolute Gasteiger partial charge is 0.490 e. The van der Waals surface area contributed by atoms with Gasteiger partial charge in [-0.05, 0) is 55.8 Å². The summed E-state index contributed by atoms with van der Waals surface area (Å²) in [5.74, 6) is 1.88. The molecular weight excluding hydrogens is 426 g/mol. The molecule has 0 bridgehead atoms. The third kappa shape index (κ3) is 4.79. The second kappa shape index (κ2) is 9.44. The number of rotatable bonds is 8. The van der Waals surface area contributed by atoms with Gasteiger partial charge in [0.2, 0.25) is 11.2 Å². The zero-order valence-corrected chi connectivity index (χ0v) is 18.1. The summed E-state index contributed by atoms with van der Waals surface area (Å²) in [6.07, 6.45) is 0. The van der Waals surface area contributed by atoms with E-state index in [1.54, 1.807) is 55.5 Å². The second-order valence-electron chi connectivity index (χ2n) is 7.17. The Morgan fingerprint density at radius 3 is 2.39 bits per heavy atom. The number of hydrogen-bond donors (Lipinski definition) is 0. The van der Waals surface area contributed by atoms with E-state index in [2.05, 4.69) is 0 Å². The van der Waals surface area contributed by atoms with Crippen LogP contribution < -0.4 is 19.6 Å². The van der Waals surface area contributed by atoms with Crippen LogP contribution in [0.5, 0.6) is 23.0 Å². The number of para-hydroxylation sites is 2. The van der Waals surface area contributed by atoms with Gasteiger partial charge in [-0.1, -0.05) is 12.1 Å². The van der Waals surface area contributed by atoms with Crippen LogP contribution in [0.25, 0.3) is 11.0 Å². The minimum absolute atomic E-state index is 0.0172. The van der Waals surface area contributed by atoms with Gasteiger partial charge >= 0.3 is 0 Å². The third-order valence-electron chi connectivity index (χ3n) is 4.90. The van der Waals surface area contributed by atoms with E-state index in [1.807, 2.05) is 13.0 Å². The molecule has 0 aliphatic heterocycles. The molecule has 0 fully saturated rings. The smallest absolute Gasteiger partial charge is 0.269 e. The summed E-state index contributed by atoms with van der Waals surface area (Å²) in [6, 6.07) is 18.1. The summed E-state index contributed by atoms with van der Waals surface area (Å²) in [4.78, 5) is 23.4. The first kappa shape index (κ1) is 21.9. The van der Waals surface area contributed by atoms with Gasteiger partial charge in [0.05, 0.1) is 16.9 Å². The zero-order valence-electron chi connectivity index (χ0n) is 18.1. The van der Waals surface area contributed by atoms with E-state index < -0.39 is 4.92 Å². The normalized spacial score (nSPS) is 10.7. The number of nitro benzene ring substituents is 1. The monoisotopic (exact) mass is 447 g/mol. The van der Waals surface area contributed by atoms with E-state index in [4.69, 9.17) is 18.6 Å². The van der Waals surface area contributed by atoms with Crippen molar-refractivity contribution in [1.29, 1.82) is 0 Å². The Kier molecular flexibility index (Phi) is 6.26. The Morgan fingerprint density at radius 2 is 1.70 bits per heavy atom. The van der Waals surface area contributed by atoms with E-state index in [9.17, 15) is 14.9 Å². The quantitative estimate of drug-likeness (QED) is 0.249. The van der Waals surface area contributed by atoms with Gasteiger partial charge in [0.25, 0.3) is 5.69 Å². The number of nitro groups is 1. The van der Waals surface area contributed by atoms with Crippen molar-refractivity contribution in [3.8, 4) is 23.0 Å². The maximum atomic E-state index is 13.1. The van der Waals surface area contributed by atoms with Crippen LogP contribution in [0.1, 0.15) is 18.2 Å². The molecule has 4 rings (SSSR count). The van der Waals surface area contributed by atoms with Crippen molar-refractivity contribution >= 4 is 16.7 Å². The van der Waals surface area contributed by atoms with Crippen molar-refractivity contribution in [2.75, 3.05) is 6.61 Å². The van der Waals surface area contributed by atoms with Gasteiger partial charge in [0.15, 0.2) is 11.5 Å². The minimum atomic E-state index is -0.453. The summed E-state index contributed by atoms with van der Waals surface area (Å²) in [5, 5.41) is 11.1. The molecule has 0 atom stereocenters. The van der Waals surface area contributed by atoms with Gasteiger partial charge in [-0.25, -0.2) is 0 Å². The molecule has 0 aliphatic carbocycles. The number of hydrogen-bond acceptors (Lipinski definition) is 7. The molecule has 1 aromatic heterocycles. The van der Waals surface area contributed by atoms with Crippen LogP contribution in [0.4, 0.5) is 5.69 Å². The predicted octanol–water partition coefficient (Wildman–Crippen LogP) is 5.78. The van der Waals surface area contributed by atoms with E-state index in [0.717, 1.165) is 5.56 Å². The summed E-state index contributed by atoms with van der Waals surface area (Å²) < 4.78 is 23.1. The molecule has 0 spiro atoms. The summed E-state index contributed by atoms with van der Waals surface area (Å²) >= 11 is 0. The van der Waals surface area contributed by atoms with Crippen molar-refractivity contribution in [2.24, 2.45) is 0 Å². The van der Waals surface area contributed by atoms with Crippen LogP contribution in [-0.4, -0.2) is 11.5 Å². The molecule has 0 amide bonds. The van der Waals surface area contributed by atoms with Crippen LogP contribution >= 0.6 is 0 Å².